The molecule has 4 nitrogen and oxygen atoms in total. The van der Waals surface area contributed by atoms with Crippen molar-refractivity contribution in [1.29, 1.82) is 0 Å². The number of nitrogens with zero attached hydrogens (tertiary/aromatic N) is 1. The van der Waals surface area contributed by atoms with E-state index in [2.05, 4.69) is 15.3 Å². The smallest absolute Gasteiger partial charge is 0.248 e. The van der Waals surface area contributed by atoms with Crippen LogP contribution in [-0.2, 0) is 0 Å². The Morgan fingerprint density at radius 2 is 2.33 bits per heavy atom. The van der Waals surface area contributed by atoms with Crippen molar-refractivity contribution in [3.8, 4) is 0 Å². The number of aromatic nitrogens is 1. The van der Waals surface area contributed by atoms with E-state index in [-0.39, 0.29) is 5.56 Å². The molecule has 12 heavy (non-hydrogen) atoms. The van der Waals surface area contributed by atoms with Gasteiger partial charge in [0.1, 0.15) is 5.84 Å². The van der Waals surface area contributed by atoms with Gasteiger partial charge in [-0.1, -0.05) is 6.07 Å². The molecule has 1 aliphatic heterocycles. The Bertz CT molecular complexity index is 367. The van der Waals surface area contributed by atoms with E-state index in [9.17, 15) is 4.79 Å². The van der Waals surface area contributed by atoms with Gasteiger partial charge >= 0.3 is 0 Å². The lowest BCUT2D eigenvalue weighted by atomic mass is 10.3. The molecule has 0 bridgehead atoms. The van der Waals surface area contributed by atoms with Crippen molar-refractivity contribution in [2.24, 2.45) is 4.99 Å². The van der Waals surface area contributed by atoms with E-state index in [1.54, 1.807) is 6.07 Å². The maximum Gasteiger partial charge on any atom is 0.248 e. The highest BCUT2D eigenvalue weighted by atomic mass is 16.1. The van der Waals surface area contributed by atoms with E-state index in [1.807, 2.05) is 6.07 Å². The van der Waals surface area contributed by atoms with Crippen LogP contribution in [0.5, 0.6) is 0 Å². The molecule has 1 aromatic heterocycles. The Labute approximate surface area is 69.3 Å². The Hall–Kier alpha value is -1.58. The molecule has 0 spiro atoms. The summed E-state index contributed by atoms with van der Waals surface area (Å²) in [4.78, 5) is 17.8. The quantitative estimate of drug-likeness (QED) is 0.598. The van der Waals surface area contributed by atoms with Gasteiger partial charge in [-0.15, -0.1) is 0 Å². The van der Waals surface area contributed by atoms with Crippen molar-refractivity contribution in [3.63, 3.8) is 0 Å². The average molecular weight is 163 g/mol. The molecule has 0 saturated carbocycles. The van der Waals surface area contributed by atoms with Crippen LogP contribution in [0.25, 0.3) is 0 Å². The zero-order valence-corrected chi connectivity index (χ0v) is 6.50. The van der Waals surface area contributed by atoms with Crippen molar-refractivity contribution in [3.05, 3.63) is 34.2 Å². The number of H-pyrrole nitrogens is 1. The molecule has 0 saturated heterocycles. The number of hydrogen-bond donors (Lipinski definition) is 2. The maximum atomic E-state index is 10.9. The Morgan fingerprint density at radius 1 is 1.42 bits per heavy atom. The van der Waals surface area contributed by atoms with Gasteiger partial charge in [-0.2, -0.15) is 0 Å². The minimum atomic E-state index is -0.0936. The fraction of sp³-hybridized carbons (Fsp3) is 0.250. The molecular formula is C8H9N3O. The molecule has 2 rings (SSSR count). The average Bonchev–Trinajstić information content (AvgIpc) is 2.56. The van der Waals surface area contributed by atoms with Gasteiger partial charge in [-0.3, -0.25) is 9.79 Å². The van der Waals surface area contributed by atoms with Crippen LogP contribution in [0, 0.1) is 0 Å². The first-order valence-electron chi connectivity index (χ1n) is 3.84. The molecule has 4 heteroatoms. The molecule has 62 valence electrons. The minimum Gasteiger partial charge on any atom is -0.367 e. The minimum absolute atomic E-state index is 0.0936. The van der Waals surface area contributed by atoms with Gasteiger partial charge < -0.3 is 10.3 Å². The monoisotopic (exact) mass is 163 g/mol. The lowest BCUT2D eigenvalue weighted by Gasteiger charge is -1.99. The fourth-order valence-electron chi connectivity index (χ4n) is 1.16. The predicted molar refractivity (Wildman–Crippen MR) is 46.5 cm³/mol. The van der Waals surface area contributed by atoms with Gasteiger partial charge in [0.15, 0.2) is 0 Å². The first-order valence-corrected chi connectivity index (χ1v) is 3.84. The molecule has 2 heterocycles. The van der Waals surface area contributed by atoms with E-state index in [1.165, 1.54) is 6.07 Å². The molecular weight excluding hydrogens is 154 g/mol. The van der Waals surface area contributed by atoms with E-state index in [4.69, 9.17) is 0 Å². The number of amidine groups is 1. The Balaban J connectivity index is 2.39. The Kier molecular flexibility index (Phi) is 1.66. The fourth-order valence-corrected chi connectivity index (χ4v) is 1.16. The van der Waals surface area contributed by atoms with Crippen molar-refractivity contribution in [2.45, 2.75) is 0 Å². The predicted octanol–water partition coefficient (Wildman–Crippen LogP) is -0.275. The van der Waals surface area contributed by atoms with Crippen LogP contribution >= 0.6 is 0 Å². The van der Waals surface area contributed by atoms with Gasteiger partial charge in [-0.25, -0.2) is 0 Å². The van der Waals surface area contributed by atoms with E-state index in [0.717, 1.165) is 24.6 Å². The Morgan fingerprint density at radius 3 is 3.00 bits per heavy atom. The van der Waals surface area contributed by atoms with E-state index in [0.29, 0.717) is 0 Å². The standard InChI is InChI=1S/C8H9N3O/c12-7-3-1-2-6(11-7)8-9-4-5-10-8/h1-3H,4-5H2,(H,9,10)(H,11,12). The summed E-state index contributed by atoms with van der Waals surface area (Å²) in [6.07, 6.45) is 0. The number of hydrogen-bond acceptors (Lipinski definition) is 3. The van der Waals surface area contributed by atoms with Crippen molar-refractivity contribution in [2.75, 3.05) is 13.1 Å². The lowest BCUT2D eigenvalue weighted by Crippen LogP contribution is -2.22. The van der Waals surface area contributed by atoms with Gasteiger partial charge in [0.05, 0.1) is 12.2 Å². The van der Waals surface area contributed by atoms with Crippen molar-refractivity contribution < 1.29 is 0 Å². The van der Waals surface area contributed by atoms with Crippen LogP contribution in [0.15, 0.2) is 28.0 Å². The molecule has 0 unspecified atom stereocenters. The third-order valence-corrected chi connectivity index (χ3v) is 1.70. The van der Waals surface area contributed by atoms with Crippen molar-refractivity contribution in [1.82, 2.24) is 10.3 Å². The van der Waals surface area contributed by atoms with Gasteiger partial charge in [-0.05, 0) is 6.07 Å². The molecule has 1 aromatic rings. The molecule has 2 N–H and O–H groups in total. The highest BCUT2D eigenvalue weighted by Crippen LogP contribution is 1.95. The van der Waals surface area contributed by atoms with Crippen molar-refractivity contribution >= 4 is 5.84 Å². The molecule has 0 atom stereocenters. The summed E-state index contributed by atoms with van der Waals surface area (Å²) in [5.41, 5.74) is 0.670. The number of aliphatic imine (C=N–C) groups is 1. The van der Waals surface area contributed by atoms with Gasteiger partial charge in [0.25, 0.3) is 0 Å². The van der Waals surface area contributed by atoms with Gasteiger partial charge in [0, 0.05) is 12.6 Å². The number of aromatic amines is 1. The first kappa shape index (κ1) is 7.09. The van der Waals surface area contributed by atoms with Crippen LogP contribution < -0.4 is 10.9 Å². The van der Waals surface area contributed by atoms with E-state index < -0.39 is 0 Å². The molecule has 1 aliphatic rings. The second-order valence-electron chi connectivity index (χ2n) is 2.59. The third kappa shape index (κ3) is 1.23. The summed E-state index contributed by atoms with van der Waals surface area (Å²) in [5, 5.41) is 3.08. The summed E-state index contributed by atoms with van der Waals surface area (Å²) in [7, 11) is 0. The van der Waals surface area contributed by atoms with Crippen LogP contribution in [0.1, 0.15) is 5.69 Å². The second kappa shape index (κ2) is 2.81. The zero-order chi connectivity index (χ0) is 8.39. The summed E-state index contributed by atoms with van der Waals surface area (Å²) >= 11 is 0. The number of pyridine rings is 1. The molecule has 0 amide bonds. The summed E-state index contributed by atoms with van der Waals surface area (Å²) in [6, 6.07) is 5.04. The first-order chi connectivity index (χ1) is 5.86. The summed E-state index contributed by atoms with van der Waals surface area (Å²) in [5.74, 6) is 0.785. The van der Waals surface area contributed by atoms with Gasteiger partial charge in [0.2, 0.25) is 5.56 Å². The normalized spacial score (nSPS) is 15.5. The van der Waals surface area contributed by atoms with Crippen LogP contribution in [-0.4, -0.2) is 23.9 Å². The molecule has 0 aromatic carbocycles. The number of nitrogens with one attached hydrogen (secondary N) is 2. The van der Waals surface area contributed by atoms with E-state index >= 15 is 0 Å². The maximum absolute atomic E-state index is 10.9. The second-order valence-corrected chi connectivity index (χ2v) is 2.59. The van der Waals surface area contributed by atoms with Crippen LogP contribution in [0.4, 0.5) is 0 Å². The highest BCUT2D eigenvalue weighted by Gasteiger charge is 2.07. The lowest BCUT2D eigenvalue weighted by molar-refractivity contribution is 0.957. The number of rotatable bonds is 1. The zero-order valence-electron chi connectivity index (χ0n) is 6.50. The third-order valence-electron chi connectivity index (χ3n) is 1.70. The largest absolute Gasteiger partial charge is 0.367 e. The SMILES string of the molecule is O=c1cccc(C2=NCCN2)[nH]1. The molecule has 0 fully saturated rings. The molecule has 0 radical (unpaired) electrons. The van der Waals surface area contributed by atoms with Crippen LogP contribution in [0.2, 0.25) is 0 Å². The van der Waals surface area contributed by atoms with Crippen LogP contribution in [0.3, 0.4) is 0 Å². The summed E-state index contributed by atoms with van der Waals surface area (Å²) < 4.78 is 0. The summed E-state index contributed by atoms with van der Waals surface area (Å²) in [6.45, 7) is 1.64. The topological polar surface area (TPSA) is 57.2 Å². The highest BCUT2D eigenvalue weighted by molar-refractivity contribution is 5.97. The molecule has 0 aliphatic carbocycles.